The third kappa shape index (κ3) is 3.38. The first-order valence-corrected chi connectivity index (χ1v) is 9.01. The number of benzene rings is 1. The van der Waals surface area contributed by atoms with Crippen molar-refractivity contribution < 1.29 is 4.79 Å². The second-order valence-electron chi connectivity index (χ2n) is 7.15. The van der Waals surface area contributed by atoms with Crippen LogP contribution in [0.3, 0.4) is 0 Å². The van der Waals surface area contributed by atoms with E-state index >= 15 is 0 Å². The van der Waals surface area contributed by atoms with Crippen molar-refractivity contribution in [1.29, 1.82) is 0 Å². The number of aryl methyl sites for hydroxylation is 1. The number of aromatic nitrogens is 4. The number of pyridine rings is 2. The number of nitrogens with zero attached hydrogens (tertiary/aromatic N) is 4. The number of amides is 1. The second-order valence-corrected chi connectivity index (χ2v) is 7.15. The molecule has 0 fully saturated rings. The van der Waals surface area contributed by atoms with Crippen LogP contribution in [0.5, 0.6) is 0 Å². The summed E-state index contributed by atoms with van der Waals surface area (Å²) in [5.74, 6) is 0.634. The highest BCUT2D eigenvalue weighted by Gasteiger charge is 2.17. The van der Waals surface area contributed by atoms with Crippen molar-refractivity contribution in [3.63, 3.8) is 0 Å². The summed E-state index contributed by atoms with van der Waals surface area (Å²) in [5, 5.41) is 9.38. The van der Waals surface area contributed by atoms with Gasteiger partial charge in [-0.1, -0.05) is 32.0 Å². The summed E-state index contributed by atoms with van der Waals surface area (Å²) in [6, 6.07) is 13.4. The molecule has 0 unspecified atom stereocenters. The molecule has 0 saturated carbocycles. The molecule has 0 bridgehead atoms. The minimum absolute atomic E-state index is 0.282. The van der Waals surface area contributed by atoms with Gasteiger partial charge >= 0.3 is 0 Å². The van der Waals surface area contributed by atoms with Gasteiger partial charge in [-0.2, -0.15) is 5.10 Å². The number of carbonyl (C=O) groups is 1. The molecule has 4 rings (SSSR count). The Balaban J connectivity index is 1.84. The van der Waals surface area contributed by atoms with Gasteiger partial charge in [0.15, 0.2) is 11.5 Å². The molecule has 1 N–H and O–H groups in total. The first-order valence-electron chi connectivity index (χ1n) is 9.01. The van der Waals surface area contributed by atoms with Crippen LogP contribution in [-0.4, -0.2) is 25.7 Å². The average molecular weight is 359 g/mol. The van der Waals surface area contributed by atoms with Crippen molar-refractivity contribution in [2.75, 3.05) is 5.32 Å². The maximum absolute atomic E-state index is 12.6. The molecule has 0 aliphatic carbocycles. The molecule has 136 valence electrons. The maximum atomic E-state index is 12.6. The number of nitrogens with one attached hydrogen (secondary N) is 1. The monoisotopic (exact) mass is 359 g/mol. The first-order chi connectivity index (χ1) is 13.0. The van der Waals surface area contributed by atoms with Crippen molar-refractivity contribution in [1.82, 2.24) is 19.7 Å². The number of rotatable bonds is 4. The smallest absolute Gasteiger partial charge is 0.275 e. The predicted octanol–water partition coefficient (Wildman–Crippen LogP) is 4.20. The lowest BCUT2D eigenvalue weighted by Gasteiger charge is -2.06. The van der Waals surface area contributed by atoms with Gasteiger partial charge < -0.3 is 5.32 Å². The fourth-order valence-corrected chi connectivity index (χ4v) is 3.09. The third-order valence-electron chi connectivity index (χ3n) is 4.34. The van der Waals surface area contributed by atoms with Gasteiger partial charge in [0.1, 0.15) is 5.69 Å². The van der Waals surface area contributed by atoms with Crippen LogP contribution < -0.4 is 5.32 Å². The second kappa shape index (κ2) is 6.79. The van der Waals surface area contributed by atoms with E-state index in [-0.39, 0.29) is 5.91 Å². The average Bonchev–Trinajstić information content (AvgIpc) is 2.96. The Kier molecular flexibility index (Phi) is 4.32. The zero-order valence-corrected chi connectivity index (χ0v) is 15.6. The van der Waals surface area contributed by atoms with Crippen molar-refractivity contribution in [3.8, 4) is 0 Å². The topological polar surface area (TPSA) is 72.7 Å². The van der Waals surface area contributed by atoms with E-state index in [4.69, 9.17) is 4.98 Å². The highest BCUT2D eigenvalue weighted by molar-refractivity contribution is 6.08. The Morgan fingerprint density at radius 2 is 2.04 bits per heavy atom. The molecule has 0 saturated heterocycles. The zero-order valence-electron chi connectivity index (χ0n) is 15.6. The zero-order chi connectivity index (χ0) is 19.0. The Morgan fingerprint density at radius 1 is 1.19 bits per heavy atom. The van der Waals surface area contributed by atoms with E-state index in [1.165, 1.54) is 0 Å². The molecular formula is C21H21N5O. The molecule has 1 aromatic carbocycles. The molecule has 1 amide bonds. The summed E-state index contributed by atoms with van der Waals surface area (Å²) in [6.45, 7) is 7.03. The molecule has 6 heteroatoms. The summed E-state index contributed by atoms with van der Waals surface area (Å²) in [5.41, 5.74) is 3.22. The molecule has 0 atom stereocenters. The van der Waals surface area contributed by atoms with E-state index in [2.05, 4.69) is 48.3 Å². The first kappa shape index (κ1) is 17.1. The minimum Gasteiger partial charge on any atom is -0.303 e. The molecule has 3 aromatic heterocycles. The number of fused-ring (bicyclic) bond motifs is 2. The highest BCUT2D eigenvalue weighted by atomic mass is 16.2. The summed E-state index contributed by atoms with van der Waals surface area (Å²) in [6.07, 6.45) is 1.60. The Labute approximate surface area is 157 Å². The number of carbonyl (C=O) groups excluding carboxylic acids is 1. The van der Waals surface area contributed by atoms with Gasteiger partial charge in [0.25, 0.3) is 5.91 Å². The van der Waals surface area contributed by atoms with Crippen LogP contribution in [0.15, 0.2) is 48.7 Å². The maximum Gasteiger partial charge on any atom is 0.275 e. The predicted molar refractivity (Wildman–Crippen MR) is 107 cm³/mol. The van der Waals surface area contributed by atoms with Crippen LogP contribution in [0, 0.1) is 12.8 Å². The SMILES string of the molecule is Cc1ccc2cc3c(NC(=O)c4ccccn4)nn(CC(C)C)c3nc2c1. The fraction of sp³-hybridized carbons (Fsp3) is 0.238. The van der Waals surface area contributed by atoms with Gasteiger partial charge in [-0.25, -0.2) is 9.67 Å². The highest BCUT2D eigenvalue weighted by Crippen LogP contribution is 2.27. The summed E-state index contributed by atoms with van der Waals surface area (Å²) >= 11 is 0. The molecule has 0 spiro atoms. The van der Waals surface area contributed by atoms with Crippen molar-refractivity contribution >= 4 is 33.7 Å². The van der Waals surface area contributed by atoms with Crippen molar-refractivity contribution in [2.45, 2.75) is 27.3 Å². The number of hydrogen-bond acceptors (Lipinski definition) is 4. The van der Waals surface area contributed by atoms with Crippen LogP contribution in [0.4, 0.5) is 5.82 Å². The number of hydrogen-bond donors (Lipinski definition) is 1. The van der Waals surface area contributed by atoms with Crippen molar-refractivity contribution in [3.05, 3.63) is 59.9 Å². The van der Waals surface area contributed by atoms with Crippen molar-refractivity contribution in [2.24, 2.45) is 5.92 Å². The van der Waals surface area contributed by atoms with E-state index in [9.17, 15) is 4.79 Å². The largest absolute Gasteiger partial charge is 0.303 e. The molecule has 6 nitrogen and oxygen atoms in total. The van der Waals surface area contributed by atoms with Gasteiger partial charge in [-0.15, -0.1) is 0 Å². The Morgan fingerprint density at radius 3 is 2.78 bits per heavy atom. The van der Waals surface area contributed by atoms with Gasteiger partial charge in [0.2, 0.25) is 0 Å². The molecular weight excluding hydrogens is 338 g/mol. The van der Waals surface area contributed by atoms with Crippen LogP contribution in [-0.2, 0) is 6.54 Å². The van der Waals surface area contributed by atoms with E-state index in [0.29, 0.717) is 17.4 Å². The Bertz CT molecular complexity index is 1130. The van der Waals surface area contributed by atoms with E-state index < -0.39 is 0 Å². The molecule has 3 heterocycles. The number of anilines is 1. The Hall–Kier alpha value is -3.28. The molecule has 0 aliphatic heterocycles. The summed E-state index contributed by atoms with van der Waals surface area (Å²) in [4.78, 5) is 21.5. The standard InChI is InChI=1S/C21H21N5O/c1-13(2)12-26-20-16(11-15-8-7-14(3)10-18(15)23-20)19(25-26)24-21(27)17-6-4-5-9-22-17/h4-11,13H,12H2,1-3H3,(H,24,25,27). The van der Waals surface area contributed by atoms with Crippen LogP contribution in [0.1, 0.15) is 29.9 Å². The van der Waals surface area contributed by atoms with Crippen LogP contribution in [0.25, 0.3) is 21.9 Å². The van der Waals surface area contributed by atoms with E-state index in [1.807, 2.05) is 16.8 Å². The minimum atomic E-state index is -0.282. The van der Waals surface area contributed by atoms with E-state index in [0.717, 1.165) is 34.0 Å². The fourth-order valence-electron chi connectivity index (χ4n) is 3.09. The van der Waals surface area contributed by atoms with E-state index in [1.54, 1.807) is 24.4 Å². The van der Waals surface area contributed by atoms with Gasteiger partial charge in [0, 0.05) is 18.1 Å². The normalized spacial score (nSPS) is 11.4. The van der Waals surface area contributed by atoms with Gasteiger partial charge in [-0.05, 0) is 42.7 Å². The molecule has 27 heavy (non-hydrogen) atoms. The lowest BCUT2D eigenvalue weighted by Crippen LogP contribution is -2.14. The molecule has 0 aliphatic rings. The molecule has 0 radical (unpaired) electrons. The summed E-state index contributed by atoms with van der Waals surface area (Å²) in [7, 11) is 0. The quantitative estimate of drug-likeness (QED) is 0.593. The van der Waals surface area contributed by atoms with Gasteiger partial charge in [0.05, 0.1) is 10.9 Å². The molecule has 4 aromatic rings. The van der Waals surface area contributed by atoms with Gasteiger partial charge in [-0.3, -0.25) is 9.78 Å². The van der Waals surface area contributed by atoms with Crippen LogP contribution >= 0.6 is 0 Å². The van der Waals surface area contributed by atoms with Crippen LogP contribution in [0.2, 0.25) is 0 Å². The third-order valence-corrected chi connectivity index (χ3v) is 4.34. The summed E-state index contributed by atoms with van der Waals surface area (Å²) < 4.78 is 1.87. The lowest BCUT2D eigenvalue weighted by atomic mass is 10.1. The lowest BCUT2D eigenvalue weighted by molar-refractivity contribution is 0.102.